The van der Waals surface area contributed by atoms with Crippen LogP contribution in [0.25, 0.3) is 6.08 Å². The van der Waals surface area contributed by atoms with E-state index in [0.717, 1.165) is 24.8 Å². The van der Waals surface area contributed by atoms with Gasteiger partial charge in [0, 0.05) is 13.1 Å². The Morgan fingerprint density at radius 3 is 2.34 bits per heavy atom. The molecule has 0 aliphatic carbocycles. The SMILES string of the molecule is C=Cc1cccc(C(C(=O)NCCCCC)N(CCC)C(=O)C(NC(=O)OC(C)(C)C)C(C)C)c1. The van der Waals surface area contributed by atoms with Gasteiger partial charge in [0.15, 0.2) is 0 Å². The molecule has 0 radical (unpaired) electrons. The minimum atomic E-state index is -0.839. The van der Waals surface area contributed by atoms with Crippen molar-refractivity contribution in [3.63, 3.8) is 0 Å². The minimum Gasteiger partial charge on any atom is -0.444 e. The van der Waals surface area contributed by atoms with Gasteiger partial charge in [0.2, 0.25) is 11.8 Å². The normalized spacial score (nSPS) is 13.0. The molecule has 1 aromatic rings. The van der Waals surface area contributed by atoms with Gasteiger partial charge in [0.25, 0.3) is 0 Å². The summed E-state index contributed by atoms with van der Waals surface area (Å²) >= 11 is 0. The molecule has 0 fully saturated rings. The lowest BCUT2D eigenvalue weighted by atomic mass is 9.97. The summed E-state index contributed by atoms with van der Waals surface area (Å²) in [6.45, 7) is 17.9. The second-order valence-electron chi connectivity index (χ2n) is 10.2. The Hall–Kier alpha value is -2.83. The predicted octanol–water partition coefficient (Wildman–Crippen LogP) is 5.47. The third kappa shape index (κ3) is 10.1. The smallest absolute Gasteiger partial charge is 0.408 e. The molecule has 0 saturated heterocycles. The summed E-state index contributed by atoms with van der Waals surface area (Å²) in [6.07, 6.45) is 4.65. The monoisotopic (exact) mass is 487 g/mol. The fraction of sp³-hybridized carbons (Fsp3) is 0.607. The Kier molecular flexibility index (Phi) is 12.5. The van der Waals surface area contributed by atoms with Crippen molar-refractivity contribution in [1.29, 1.82) is 0 Å². The second kappa shape index (κ2) is 14.5. The molecule has 1 rings (SSSR count). The summed E-state index contributed by atoms with van der Waals surface area (Å²) in [5, 5.41) is 5.76. The summed E-state index contributed by atoms with van der Waals surface area (Å²) in [4.78, 5) is 41.5. The highest BCUT2D eigenvalue weighted by atomic mass is 16.6. The van der Waals surface area contributed by atoms with Crippen molar-refractivity contribution >= 4 is 24.0 Å². The number of nitrogens with zero attached hydrogens (tertiary/aromatic N) is 1. The number of carbonyl (C=O) groups excluding carboxylic acids is 3. The van der Waals surface area contributed by atoms with E-state index in [9.17, 15) is 14.4 Å². The molecule has 1 aromatic carbocycles. The average molecular weight is 488 g/mol. The van der Waals surface area contributed by atoms with Gasteiger partial charge in [-0.25, -0.2) is 4.79 Å². The number of ether oxygens (including phenoxy) is 1. The second-order valence-corrected chi connectivity index (χ2v) is 10.2. The number of amides is 3. The molecule has 3 amide bonds. The lowest BCUT2D eigenvalue weighted by Gasteiger charge is -2.35. The molecule has 0 bridgehead atoms. The molecule has 196 valence electrons. The Balaban J connectivity index is 3.37. The molecule has 35 heavy (non-hydrogen) atoms. The van der Waals surface area contributed by atoms with Crippen LogP contribution >= 0.6 is 0 Å². The summed E-state index contributed by atoms with van der Waals surface area (Å²) in [5.74, 6) is -0.753. The van der Waals surface area contributed by atoms with Crippen LogP contribution in [0, 0.1) is 5.92 Å². The van der Waals surface area contributed by atoms with Crippen LogP contribution in [-0.4, -0.2) is 47.5 Å². The molecule has 0 aliphatic rings. The molecular weight excluding hydrogens is 442 g/mol. The zero-order chi connectivity index (χ0) is 26.6. The molecule has 7 nitrogen and oxygen atoms in total. The zero-order valence-electron chi connectivity index (χ0n) is 22.6. The Bertz CT molecular complexity index is 845. The van der Waals surface area contributed by atoms with Crippen molar-refractivity contribution in [2.45, 2.75) is 91.8 Å². The number of rotatable bonds is 13. The average Bonchev–Trinajstić information content (AvgIpc) is 2.78. The highest BCUT2D eigenvalue weighted by Crippen LogP contribution is 2.25. The Labute approximate surface area is 211 Å². The van der Waals surface area contributed by atoms with Gasteiger partial charge in [-0.2, -0.15) is 0 Å². The van der Waals surface area contributed by atoms with E-state index in [1.807, 2.05) is 45.0 Å². The van der Waals surface area contributed by atoms with E-state index >= 15 is 0 Å². The molecule has 0 saturated carbocycles. The molecular formula is C28H45N3O4. The van der Waals surface area contributed by atoms with E-state index in [-0.39, 0.29) is 17.7 Å². The van der Waals surface area contributed by atoms with Gasteiger partial charge in [-0.3, -0.25) is 9.59 Å². The van der Waals surface area contributed by atoms with E-state index in [4.69, 9.17) is 4.74 Å². The van der Waals surface area contributed by atoms with Crippen molar-refractivity contribution in [3.05, 3.63) is 42.0 Å². The number of unbranched alkanes of at least 4 members (excludes halogenated alkanes) is 2. The quantitative estimate of drug-likeness (QED) is 0.361. The zero-order valence-corrected chi connectivity index (χ0v) is 22.6. The fourth-order valence-corrected chi connectivity index (χ4v) is 3.75. The highest BCUT2D eigenvalue weighted by Gasteiger charge is 2.37. The fourth-order valence-electron chi connectivity index (χ4n) is 3.75. The van der Waals surface area contributed by atoms with Crippen LogP contribution in [0.2, 0.25) is 0 Å². The lowest BCUT2D eigenvalue weighted by molar-refractivity contribution is -0.143. The topological polar surface area (TPSA) is 87.7 Å². The van der Waals surface area contributed by atoms with E-state index in [0.29, 0.717) is 25.1 Å². The third-order valence-corrected chi connectivity index (χ3v) is 5.45. The van der Waals surface area contributed by atoms with Crippen molar-refractivity contribution in [2.24, 2.45) is 5.92 Å². The van der Waals surface area contributed by atoms with E-state index < -0.39 is 23.8 Å². The van der Waals surface area contributed by atoms with Gasteiger partial charge in [-0.05, 0) is 56.7 Å². The number of hydrogen-bond donors (Lipinski definition) is 2. The van der Waals surface area contributed by atoms with Crippen LogP contribution in [-0.2, 0) is 14.3 Å². The third-order valence-electron chi connectivity index (χ3n) is 5.45. The molecule has 2 atom stereocenters. The molecule has 0 aliphatic heterocycles. The number of nitrogens with one attached hydrogen (secondary N) is 2. The van der Waals surface area contributed by atoms with Crippen molar-refractivity contribution in [3.8, 4) is 0 Å². The number of benzene rings is 1. The first-order valence-electron chi connectivity index (χ1n) is 12.7. The molecule has 2 N–H and O–H groups in total. The maximum atomic E-state index is 13.9. The first-order valence-corrected chi connectivity index (χ1v) is 12.7. The van der Waals surface area contributed by atoms with Crippen molar-refractivity contribution in [1.82, 2.24) is 15.5 Å². The largest absolute Gasteiger partial charge is 0.444 e. The van der Waals surface area contributed by atoms with Gasteiger partial charge < -0.3 is 20.3 Å². The molecule has 0 heterocycles. The van der Waals surface area contributed by atoms with Crippen molar-refractivity contribution < 1.29 is 19.1 Å². The molecule has 7 heteroatoms. The van der Waals surface area contributed by atoms with Crippen LogP contribution in [0.5, 0.6) is 0 Å². The Morgan fingerprint density at radius 1 is 1.11 bits per heavy atom. The molecule has 0 spiro atoms. The first kappa shape index (κ1) is 30.2. The highest BCUT2D eigenvalue weighted by molar-refractivity contribution is 5.92. The summed E-state index contributed by atoms with van der Waals surface area (Å²) < 4.78 is 5.40. The number of hydrogen-bond acceptors (Lipinski definition) is 4. The van der Waals surface area contributed by atoms with Crippen LogP contribution < -0.4 is 10.6 Å². The Morgan fingerprint density at radius 2 is 1.80 bits per heavy atom. The lowest BCUT2D eigenvalue weighted by Crippen LogP contribution is -2.55. The maximum Gasteiger partial charge on any atom is 0.408 e. The van der Waals surface area contributed by atoms with Gasteiger partial charge in [0.1, 0.15) is 17.7 Å². The van der Waals surface area contributed by atoms with Crippen LogP contribution in [0.1, 0.15) is 91.3 Å². The van der Waals surface area contributed by atoms with Gasteiger partial charge in [0.05, 0.1) is 0 Å². The summed E-state index contributed by atoms with van der Waals surface area (Å²) in [6, 6.07) is 5.83. The van der Waals surface area contributed by atoms with Crippen LogP contribution in [0.3, 0.4) is 0 Å². The van der Waals surface area contributed by atoms with E-state index in [1.165, 1.54) is 0 Å². The number of alkyl carbamates (subject to hydrolysis) is 1. The standard InChI is InChI=1S/C28H45N3O4/c1-9-12-13-17-29-25(32)24(22-16-14-15-21(11-3)19-22)31(18-10-2)26(33)23(20(4)5)30-27(34)35-28(6,7)8/h11,14-16,19-20,23-24H,3,9-10,12-13,17-18H2,1-2,4-8H3,(H,29,32)(H,30,34). The molecule has 0 aromatic heterocycles. The van der Waals surface area contributed by atoms with Crippen LogP contribution in [0.4, 0.5) is 4.79 Å². The molecule has 2 unspecified atom stereocenters. The summed E-state index contributed by atoms with van der Waals surface area (Å²) in [7, 11) is 0. The first-order chi connectivity index (χ1) is 16.4. The van der Waals surface area contributed by atoms with E-state index in [2.05, 4.69) is 24.1 Å². The van der Waals surface area contributed by atoms with Crippen molar-refractivity contribution in [2.75, 3.05) is 13.1 Å². The van der Waals surface area contributed by atoms with Crippen LogP contribution in [0.15, 0.2) is 30.8 Å². The van der Waals surface area contributed by atoms with Gasteiger partial charge in [-0.15, -0.1) is 0 Å². The van der Waals surface area contributed by atoms with E-state index in [1.54, 1.807) is 31.7 Å². The van der Waals surface area contributed by atoms with Gasteiger partial charge >= 0.3 is 6.09 Å². The number of carbonyl (C=O) groups is 3. The van der Waals surface area contributed by atoms with Gasteiger partial charge in [-0.1, -0.05) is 71.4 Å². The maximum absolute atomic E-state index is 13.9. The summed E-state index contributed by atoms with van der Waals surface area (Å²) in [5.41, 5.74) is 0.878. The minimum absolute atomic E-state index is 0.206. The predicted molar refractivity (Wildman–Crippen MR) is 142 cm³/mol.